The second-order valence-electron chi connectivity index (χ2n) is 8.98. The van der Waals surface area contributed by atoms with Crippen LogP contribution in [-0.4, -0.2) is 41.7 Å². The fourth-order valence-corrected chi connectivity index (χ4v) is 5.61. The number of nitriles is 1. The topological polar surface area (TPSA) is 74.6 Å². The first-order chi connectivity index (χ1) is 14.9. The van der Waals surface area contributed by atoms with Crippen LogP contribution >= 0.6 is 11.8 Å². The number of furan rings is 1. The zero-order valence-corrected chi connectivity index (χ0v) is 19.5. The van der Waals surface area contributed by atoms with E-state index in [1.807, 2.05) is 16.7 Å². The lowest BCUT2D eigenvalue weighted by atomic mass is 9.91. The predicted molar refractivity (Wildman–Crippen MR) is 122 cm³/mol. The van der Waals surface area contributed by atoms with E-state index in [9.17, 15) is 10.1 Å². The molecule has 0 atom stereocenters. The number of aromatic amines is 1. The van der Waals surface area contributed by atoms with Crippen LogP contribution in [0.3, 0.4) is 0 Å². The quantitative estimate of drug-likeness (QED) is 0.708. The van der Waals surface area contributed by atoms with Crippen molar-refractivity contribution in [1.82, 2.24) is 4.90 Å². The van der Waals surface area contributed by atoms with E-state index >= 15 is 0 Å². The van der Waals surface area contributed by atoms with Gasteiger partial charge in [0.25, 0.3) is 11.7 Å². The van der Waals surface area contributed by atoms with Gasteiger partial charge < -0.3 is 9.32 Å². The molecule has 1 N–H and O–H groups in total. The van der Waals surface area contributed by atoms with Crippen molar-refractivity contribution < 1.29 is 14.2 Å². The Kier molecular flexibility index (Phi) is 6.29. The summed E-state index contributed by atoms with van der Waals surface area (Å²) in [6, 6.07) is 5.97. The first-order valence-electron chi connectivity index (χ1n) is 11.1. The Hall–Kier alpha value is -2.46. The molecule has 164 valence electrons. The number of thioether (sulfide) groups is 1. The number of nitrogens with zero attached hydrogens (tertiary/aromatic N) is 3. The molecule has 0 bridgehead atoms. The zero-order valence-electron chi connectivity index (χ0n) is 18.7. The van der Waals surface area contributed by atoms with Gasteiger partial charge in [-0.2, -0.15) is 17.0 Å². The van der Waals surface area contributed by atoms with E-state index in [-0.39, 0.29) is 10.7 Å². The lowest BCUT2D eigenvalue weighted by Gasteiger charge is -2.34. The molecule has 2 aliphatic rings. The van der Waals surface area contributed by atoms with E-state index in [0.717, 1.165) is 42.8 Å². The minimum atomic E-state index is -0.0676. The van der Waals surface area contributed by atoms with Crippen LogP contribution in [0.15, 0.2) is 22.8 Å². The van der Waals surface area contributed by atoms with E-state index in [2.05, 4.69) is 36.7 Å². The minimum Gasteiger partial charge on any atom is -0.459 e. The lowest BCUT2D eigenvalue weighted by molar-refractivity contribution is -0.378. The summed E-state index contributed by atoms with van der Waals surface area (Å²) < 4.78 is 5.41. The lowest BCUT2D eigenvalue weighted by Crippen LogP contribution is -2.50. The number of aromatic nitrogens is 1. The van der Waals surface area contributed by atoms with Crippen LogP contribution in [0.5, 0.6) is 0 Å². The number of nitrogens with one attached hydrogen (secondary N) is 1. The van der Waals surface area contributed by atoms with Gasteiger partial charge in [0.05, 0.1) is 19.4 Å². The first kappa shape index (κ1) is 21.8. The maximum absolute atomic E-state index is 12.6. The monoisotopic (exact) mass is 439 g/mol. The molecule has 2 aromatic rings. The summed E-state index contributed by atoms with van der Waals surface area (Å²) in [6.45, 7) is 9.36. The molecule has 0 spiro atoms. The summed E-state index contributed by atoms with van der Waals surface area (Å²) in [5.41, 5.74) is 4.63. The maximum atomic E-state index is 12.6. The molecule has 2 aromatic heterocycles. The SMILES string of the molecule is CCCCc1[nH+]c(N2CCN(C(=O)c3ccco3)CC2)c(C#N)c2c1CSC(C)(C)C2. The number of carbonyl (C=O) groups is 1. The number of pyridine rings is 1. The number of hydrogen-bond donors (Lipinski definition) is 0. The summed E-state index contributed by atoms with van der Waals surface area (Å²) in [5, 5.41) is 10.1. The van der Waals surface area contributed by atoms with E-state index in [4.69, 9.17) is 4.42 Å². The maximum Gasteiger partial charge on any atom is 0.293 e. The number of unbranched alkanes of at least 4 members (excludes halogenated alkanes) is 1. The first-order valence-corrected chi connectivity index (χ1v) is 12.1. The Labute approximate surface area is 188 Å². The molecular formula is C24H31N4O2S+. The third kappa shape index (κ3) is 4.45. The highest BCUT2D eigenvalue weighted by molar-refractivity contribution is 7.99. The Bertz CT molecular complexity index is 986. The molecule has 0 aliphatic carbocycles. The highest BCUT2D eigenvalue weighted by Gasteiger charge is 2.36. The van der Waals surface area contributed by atoms with Crippen molar-refractivity contribution in [3.8, 4) is 6.07 Å². The van der Waals surface area contributed by atoms with Crippen molar-refractivity contribution in [1.29, 1.82) is 5.26 Å². The van der Waals surface area contributed by atoms with Crippen molar-refractivity contribution in [2.24, 2.45) is 0 Å². The third-order valence-electron chi connectivity index (χ3n) is 6.25. The number of rotatable bonds is 5. The van der Waals surface area contributed by atoms with Gasteiger partial charge >= 0.3 is 0 Å². The summed E-state index contributed by atoms with van der Waals surface area (Å²) in [7, 11) is 0. The van der Waals surface area contributed by atoms with Gasteiger partial charge in [-0.25, -0.2) is 4.98 Å². The van der Waals surface area contributed by atoms with Gasteiger partial charge in [0.15, 0.2) is 5.76 Å². The highest BCUT2D eigenvalue weighted by Crippen LogP contribution is 2.41. The molecule has 0 radical (unpaired) electrons. The Morgan fingerprint density at radius 1 is 1.29 bits per heavy atom. The van der Waals surface area contributed by atoms with E-state index in [0.29, 0.717) is 31.9 Å². The van der Waals surface area contributed by atoms with Crippen LogP contribution < -0.4 is 9.88 Å². The average Bonchev–Trinajstić information content (AvgIpc) is 3.31. The van der Waals surface area contributed by atoms with Crippen LogP contribution in [0.25, 0.3) is 0 Å². The summed E-state index contributed by atoms with van der Waals surface area (Å²) in [4.78, 5) is 20.4. The van der Waals surface area contributed by atoms with Crippen molar-refractivity contribution in [2.75, 3.05) is 31.1 Å². The Morgan fingerprint density at radius 2 is 2.06 bits per heavy atom. The van der Waals surface area contributed by atoms with Crippen LogP contribution in [0.1, 0.15) is 66.6 Å². The number of carbonyl (C=O) groups excluding carboxylic acids is 1. The standard InChI is InChI=1S/C24H30N4O2S/c1-4-5-7-20-19-16-31-24(2,3)14-17(19)18(15-25)22(26-20)27-9-11-28(12-10-27)23(29)21-8-6-13-30-21/h6,8,13H,4-5,7,9-12,14,16H2,1-3H3/p+1. The number of aryl methyl sites for hydroxylation is 1. The Balaban J connectivity index is 1.62. The molecule has 1 fully saturated rings. The van der Waals surface area contributed by atoms with Gasteiger partial charge in [-0.3, -0.25) is 9.69 Å². The number of amides is 1. The molecule has 1 amide bonds. The number of anilines is 1. The molecule has 1 saturated heterocycles. The van der Waals surface area contributed by atoms with Gasteiger partial charge in [0.1, 0.15) is 30.4 Å². The van der Waals surface area contributed by atoms with Crippen LogP contribution in [0.2, 0.25) is 0 Å². The van der Waals surface area contributed by atoms with Crippen molar-refractivity contribution in [2.45, 2.75) is 57.0 Å². The van der Waals surface area contributed by atoms with Crippen molar-refractivity contribution in [3.05, 3.63) is 46.5 Å². The summed E-state index contributed by atoms with van der Waals surface area (Å²) in [6.07, 6.45) is 5.73. The van der Waals surface area contributed by atoms with Gasteiger partial charge in [-0.15, -0.1) is 0 Å². The molecule has 7 heteroatoms. The van der Waals surface area contributed by atoms with Crippen LogP contribution in [0.4, 0.5) is 5.82 Å². The fourth-order valence-electron chi connectivity index (χ4n) is 4.48. The molecule has 0 unspecified atom stereocenters. The number of fused-ring (bicyclic) bond motifs is 1. The fraction of sp³-hybridized carbons (Fsp3) is 0.542. The normalized spacial score (nSPS) is 17.9. The molecular weight excluding hydrogens is 408 g/mol. The van der Waals surface area contributed by atoms with Crippen molar-refractivity contribution in [3.63, 3.8) is 0 Å². The molecule has 6 nitrogen and oxygen atoms in total. The van der Waals surface area contributed by atoms with E-state index in [1.54, 1.807) is 12.1 Å². The summed E-state index contributed by atoms with van der Waals surface area (Å²) >= 11 is 1.98. The smallest absolute Gasteiger partial charge is 0.293 e. The molecule has 2 aliphatic heterocycles. The molecule has 0 saturated carbocycles. The number of H-pyrrole nitrogens is 1. The van der Waals surface area contributed by atoms with Gasteiger partial charge in [-0.1, -0.05) is 27.2 Å². The Morgan fingerprint density at radius 3 is 2.71 bits per heavy atom. The van der Waals surface area contributed by atoms with Crippen LogP contribution in [-0.2, 0) is 18.6 Å². The minimum absolute atomic E-state index is 0.0676. The van der Waals surface area contributed by atoms with Gasteiger partial charge in [0, 0.05) is 22.5 Å². The molecule has 4 heterocycles. The second-order valence-corrected chi connectivity index (χ2v) is 10.7. The third-order valence-corrected chi connectivity index (χ3v) is 7.61. The van der Waals surface area contributed by atoms with E-state index < -0.39 is 0 Å². The predicted octanol–water partition coefficient (Wildman–Crippen LogP) is 3.84. The molecule has 31 heavy (non-hydrogen) atoms. The molecule has 0 aromatic carbocycles. The van der Waals surface area contributed by atoms with E-state index in [1.165, 1.54) is 23.1 Å². The molecule has 4 rings (SSSR count). The zero-order chi connectivity index (χ0) is 22.0. The van der Waals surface area contributed by atoms with Gasteiger partial charge in [0.2, 0.25) is 0 Å². The largest absolute Gasteiger partial charge is 0.459 e. The highest BCUT2D eigenvalue weighted by atomic mass is 32.2. The van der Waals surface area contributed by atoms with Gasteiger partial charge in [-0.05, 0) is 30.5 Å². The number of piperazine rings is 1. The summed E-state index contributed by atoms with van der Waals surface area (Å²) in [5.74, 6) is 2.20. The average molecular weight is 440 g/mol. The van der Waals surface area contributed by atoms with Crippen molar-refractivity contribution >= 4 is 23.5 Å². The second kappa shape index (κ2) is 8.96. The van der Waals surface area contributed by atoms with Crippen LogP contribution in [0, 0.1) is 11.3 Å². The number of hydrogen-bond acceptors (Lipinski definition) is 5.